The summed E-state index contributed by atoms with van der Waals surface area (Å²) in [5, 5.41) is 14.9. The smallest absolute Gasteiger partial charge is 0.256 e. The molecule has 11 heteroatoms. The molecule has 0 aromatic carbocycles. The summed E-state index contributed by atoms with van der Waals surface area (Å²) in [5.74, 6) is 0.211. The largest absolute Gasteiger partial charge is 0.504 e. The van der Waals surface area contributed by atoms with Crippen molar-refractivity contribution in [3.8, 4) is 11.6 Å². The Labute approximate surface area is 148 Å². The van der Waals surface area contributed by atoms with Gasteiger partial charge < -0.3 is 15.2 Å². The molecule has 2 aromatic heterocycles. The third kappa shape index (κ3) is 3.34. The van der Waals surface area contributed by atoms with Crippen LogP contribution in [-0.4, -0.2) is 46.3 Å². The van der Waals surface area contributed by atoms with E-state index in [2.05, 4.69) is 14.1 Å². The number of anilines is 1. The van der Waals surface area contributed by atoms with Crippen LogP contribution in [0.2, 0.25) is 0 Å². The number of aromatic hydroxyl groups is 1. The second kappa shape index (κ2) is 7.21. The fraction of sp³-hybridized carbons (Fsp3) is 0.538. The molecule has 0 unspecified atom stereocenters. The van der Waals surface area contributed by atoms with Crippen molar-refractivity contribution >= 4 is 38.8 Å². The first-order chi connectivity index (χ1) is 11.5. The molecule has 24 heavy (non-hydrogen) atoms. The molecule has 1 aliphatic heterocycles. The summed E-state index contributed by atoms with van der Waals surface area (Å²) in [7, 11) is -3.63. The number of thiophene rings is 1. The molecule has 2 N–H and O–H groups in total. The molecular weight excluding hydrogens is 372 g/mol. The number of nitrogens with one attached hydrogen (secondary N) is 1. The summed E-state index contributed by atoms with van der Waals surface area (Å²) in [6, 6.07) is 0. The molecule has 3 heterocycles. The molecule has 1 saturated heterocycles. The van der Waals surface area contributed by atoms with Crippen molar-refractivity contribution in [1.29, 1.82) is 0 Å². The number of nitrogens with zero attached hydrogens (tertiary/aromatic N) is 3. The Hall–Kier alpha value is -1.43. The van der Waals surface area contributed by atoms with Gasteiger partial charge in [-0.1, -0.05) is 0 Å². The molecule has 3 rings (SSSR count). The van der Waals surface area contributed by atoms with Crippen LogP contribution in [0, 0.1) is 0 Å². The molecule has 1 aliphatic rings. The molecule has 0 radical (unpaired) electrons. The Balaban J connectivity index is 1.74. The van der Waals surface area contributed by atoms with Crippen molar-refractivity contribution in [2.45, 2.75) is 30.5 Å². The minimum absolute atomic E-state index is 0.0201. The second-order valence-corrected chi connectivity index (χ2v) is 8.74. The Morgan fingerprint density at radius 2 is 2.12 bits per heavy atom. The van der Waals surface area contributed by atoms with E-state index in [9.17, 15) is 13.5 Å². The normalized spacial score (nSPS) is 15.7. The molecule has 0 bridgehead atoms. The summed E-state index contributed by atoms with van der Waals surface area (Å²) >= 11 is 2.06. The van der Waals surface area contributed by atoms with E-state index in [-0.39, 0.29) is 9.96 Å². The molecule has 0 spiro atoms. The summed E-state index contributed by atoms with van der Waals surface area (Å²) in [5.41, 5.74) is 0.990. The minimum atomic E-state index is -3.63. The molecule has 1 fully saturated rings. The van der Waals surface area contributed by atoms with E-state index >= 15 is 0 Å². The fourth-order valence-electron chi connectivity index (χ4n) is 2.42. The van der Waals surface area contributed by atoms with Crippen LogP contribution in [0.15, 0.2) is 9.59 Å². The first-order valence-electron chi connectivity index (χ1n) is 7.52. The lowest BCUT2D eigenvalue weighted by atomic mass is 10.4. The van der Waals surface area contributed by atoms with Gasteiger partial charge in [-0.15, -0.1) is 15.7 Å². The van der Waals surface area contributed by atoms with E-state index in [0.717, 1.165) is 35.9 Å². The molecule has 8 nitrogen and oxygen atoms in total. The highest BCUT2D eigenvalue weighted by atomic mass is 32.2. The topological polar surface area (TPSA) is 105 Å². The van der Waals surface area contributed by atoms with Gasteiger partial charge in [0, 0.05) is 18.5 Å². The SMILES string of the molecule is CCOc1nsnc1CNc1csc(S(=O)(=O)N2CCCC2)c1O. The van der Waals surface area contributed by atoms with Crippen molar-refractivity contribution in [3.63, 3.8) is 0 Å². The van der Waals surface area contributed by atoms with E-state index in [1.807, 2.05) is 6.92 Å². The highest BCUT2D eigenvalue weighted by Gasteiger charge is 2.32. The molecule has 0 amide bonds. The van der Waals surface area contributed by atoms with Crippen LogP contribution >= 0.6 is 23.1 Å². The third-order valence-corrected chi connectivity index (χ3v) is 7.56. The minimum Gasteiger partial charge on any atom is -0.504 e. The predicted octanol–water partition coefficient (Wildman–Crippen LogP) is 2.10. The Morgan fingerprint density at radius 3 is 2.83 bits per heavy atom. The van der Waals surface area contributed by atoms with E-state index in [4.69, 9.17) is 4.74 Å². The third-order valence-electron chi connectivity index (χ3n) is 3.62. The molecule has 0 atom stereocenters. The summed E-state index contributed by atoms with van der Waals surface area (Å²) in [6.07, 6.45) is 1.71. The van der Waals surface area contributed by atoms with Crippen LogP contribution in [0.5, 0.6) is 11.6 Å². The van der Waals surface area contributed by atoms with Crippen LogP contribution in [0.1, 0.15) is 25.5 Å². The van der Waals surface area contributed by atoms with Gasteiger partial charge in [0.15, 0.2) is 9.96 Å². The van der Waals surface area contributed by atoms with Crippen LogP contribution in [0.4, 0.5) is 5.69 Å². The van der Waals surface area contributed by atoms with Crippen LogP contribution in [-0.2, 0) is 16.6 Å². The van der Waals surface area contributed by atoms with Gasteiger partial charge in [0.2, 0.25) is 0 Å². The highest BCUT2D eigenvalue weighted by molar-refractivity contribution is 7.91. The summed E-state index contributed by atoms with van der Waals surface area (Å²) in [4.78, 5) is 0. The quantitative estimate of drug-likeness (QED) is 0.746. The number of aromatic nitrogens is 2. The maximum atomic E-state index is 12.5. The van der Waals surface area contributed by atoms with Gasteiger partial charge in [0.25, 0.3) is 15.9 Å². The first kappa shape index (κ1) is 17.4. The van der Waals surface area contributed by atoms with Gasteiger partial charge in [-0.25, -0.2) is 8.42 Å². The highest BCUT2D eigenvalue weighted by Crippen LogP contribution is 2.40. The average molecular weight is 391 g/mol. The molecule has 2 aromatic rings. The van der Waals surface area contributed by atoms with Gasteiger partial charge in [-0.2, -0.15) is 8.68 Å². The average Bonchev–Trinajstić information content (AvgIpc) is 3.27. The van der Waals surface area contributed by atoms with E-state index in [1.54, 1.807) is 5.38 Å². The van der Waals surface area contributed by atoms with Crippen molar-refractivity contribution in [2.24, 2.45) is 0 Å². The zero-order chi connectivity index (χ0) is 17.2. The maximum absolute atomic E-state index is 12.5. The van der Waals surface area contributed by atoms with Crippen LogP contribution in [0.3, 0.4) is 0 Å². The van der Waals surface area contributed by atoms with Crippen molar-refractivity contribution in [2.75, 3.05) is 25.0 Å². The Morgan fingerprint density at radius 1 is 1.38 bits per heavy atom. The zero-order valence-electron chi connectivity index (χ0n) is 13.1. The van der Waals surface area contributed by atoms with E-state index < -0.39 is 10.0 Å². The molecule has 0 aliphatic carbocycles. The fourth-order valence-corrected chi connectivity index (χ4v) is 5.85. The van der Waals surface area contributed by atoms with Crippen LogP contribution in [0.25, 0.3) is 0 Å². The summed E-state index contributed by atoms with van der Waals surface area (Å²) < 4.78 is 40.0. The Kier molecular flexibility index (Phi) is 5.23. The molecular formula is C13H18N4O4S3. The lowest BCUT2D eigenvalue weighted by molar-refractivity contribution is 0.326. The van der Waals surface area contributed by atoms with Crippen molar-refractivity contribution in [3.05, 3.63) is 11.1 Å². The van der Waals surface area contributed by atoms with Crippen molar-refractivity contribution < 1.29 is 18.3 Å². The Bertz CT molecular complexity index is 796. The van der Waals surface area contributed by atoms with E-state index in [1.165, 1.54) is 4.31 Å². The van der Waals surface area contributed by atoms with Crippen LogP contribution < -0.4 is 10.1 Å². The molecule has 132 valence electrons. The summed E-state index contributed by atoms with van der Waals surface area (Å²) in [6.45, 7) is 3.64. The number of hydrogen-bond acceptors (Lipinski definition) is 9. The number of rotatable bonds is 7. The van der Waals surface area contributed by atoms with Gasteiger partial charge in [0.05, 0.1) is 30.6 Å². The standard InChI is InChI=1S/C13H18N4O4S3/c1-2-21-12-9(15-23-16-12)7-14-10-8-22-13(11(10)18)24(19,20)17-5-3-4-6-17/h8,14,18H,2-7H2,1H3. The van der Waals surface area contributed by atoms with Gasteiger partial charge in [0.1, 0.15) is 5.69 Å². The second-order valence-electron chi connectivity index (χ2n) is 5.20. The van der Waals surface area contributed by atoms with Crippen molar-refractivity contribution in [1.82, 2.24) is 13.1 Å². The zero-order valence-corrected chi connectivity index (χ0v) is 15.5. The van der Waals surface area contributed by atoms with E-state index in [0.29, 0.717) is 43.5 Å². The monoisotopic (exact) mass is 390 g/mol. The lowest BCUT2D eigenvalue weighted by Gasteiger charge is -2.14. The lowest BCUT2D eigenvalue weighted by Crippen LogP contribution is -2.27. The van der Waals surface area contributed by atoms with Gasteiger partial charge in [-0.3, -0.25) is 0 Å². The predicted molar refractivity (Wildman–Crippen MR) is 92.4 cm³/mol. The number of ether oxygens (including phenoxy) is 1. The maximum Gasteiger partial charge on any atom is 0.256 e. The molecule has 0 saturated carbocycles. The van der Waals surface area contributed by atoms with Gasteiger partial charge >= 0.3 is 0 Å². The first-order valence-corrected chi connectivity index (χ1v) is 10.6. The number of sulfonamides is 1. The van der Waals surface area contributed by atoms with Gasteiger partial charge in [-0.05, 0) is 19.8 Å². The number of hydrogen-bond donors (Lipinski definition) is 2.